The molecule has 0 spiro atoms. The molecule has 9 nitrogen and oxygen atoms in total. The molecular weight excluding hydrogens is 426 g/mol. The first-order chi connectivity index (χ1) is 15.7. The van der Waals surface area contributed by atoms with Gasteiger partial charge in [0.2, 0.25) is 11.8 Å². The van der Waals surface area contributed by atoms with Gasteiger partial charge >= 0.3 is 0 Å². The zero-order valence-electron chi connectivity index (χ0n) is 18.2. The van der Waals surface area contributed by atoms with Gasteiger partial charge in [-0.1, -0.05) is 18.2 Å². The Balaban J connectivity index is 1.61. The van der Waals surface area contributed by atoms with Gasteiger partial charge in [0.15, 0.2) is 5.78 Å². The predicted octanol–water partition coefficient (Wildman–Crippen LogP) is 2.89. The Hall–Kier alpha value is -4.01. The van der Waals surface area contributed by atoms with E-state index in [1.54, 1.807) is 20.1 Å². The van der Waals surface area contributed by atoms with Crippen LogP contribution in [0.4, 0.5) is 17.1 Å². The van der Waals surface area contributed by atoms with Crippen LogP contribution in [0.15, 0.2) is 42.5 Å². The van der Waals surface area contributed by atoms with Gasteiger partial charge in [0.1, 0.15) is 11.8 Å². The Bertz CT molecular complexity index is 1270. The summed E-state index contributed by atoms with van der Waals surface area (Å²) in [4.78, 5) is 53.6. The smallest absolute Gasteiger partial charge is 0.271 e. The fraction of sp³-hybridized carbons (Fsp3) is 0.292. The molecule has 4 atom stereocenters. The molecule has 3 aliphatic rings. The van der Waals surface area contributed by atoms with Crippen molar-refractivity contribution < 1.29 is 24.0 Å². The third-order valence-electron chi connectivity index (χ3n) is 6.77. The number of nitro groups is 1. The molecule has 2 amide bonds. The van der Waals surface area contributed by atoms with E-state index in [9.17, 15) is 24.5 Å². The van der Waals surface area contributed by atoms with E-state index < -0.39 is 40.7 Å². The minimum atomic E-state index is -0.878. The van der Waals surface area contributed by atoms with Crippen LogP contribution >= 0.6 is 0 Å². The van der Waals surface area contributed by atoms with Crippen molar-refractivity contribution in [2.24, 2.45) is 11.8 Å². The quantitative estimate of drug-likeness (QED) is 0.403. The molecule has 0 radical (unpaired) electrons. The average Bonchev–Trinajstić information content (AvgIpc) is 3.26. The Morgan fingerprint density at radius 2 is 1.79 bits per heavy atom. The van der Waals surface area contributed by atoms with Gasteiger partial charge in [-0.2, -0.15) is 0 Å². The van der Waals surface area contributed by atoms with Crippen molar-refractivity contribution >= 4 is 40.7 Å². The predicted molar refractivity (Wildman–Crippen MR) is 120 cm³/mol. The molecular formula is C24H21N3O6. The molecule has 0 aliphatic carbocycles. The Kier molecular flexibility index (Phi) is 4.59. The molecule has 9 heteroatoms. The number of imide groups is 1. The highest BCUT2D eigenvalue weighted by Crippen LogP contribution is 2.50. The van der Waals surface area contributed by atoms with Crippen LogP contribution in [0, 0.1) is 28.9 Å². The topological polar surface area (TPSA) is 110 Å². The van der Waals surface area contributed by atoms with E-state index in [4.69, 9.17) is 4.74 Å². The van der Waals surface area contributed by atoms with E-state index >= 15 is 0 Å². The third-order valence-corrected chi connectivity index (χ3v) is 6.77. The van der Waals surface area contributed by atoms with Gasteiger partial charge in [0.25, 0.3) is 5.69 Å². The molecule has 2 fully saturated rings. The number of nitrogens with zero attached hydrogens (tertiary/aromatic N) is 3. The Morgan fingerprint density at radius 3 is 2.45 bits per heavy atom. The largest absolute Gasteiger partial charge is 0.497 e. The number of fused-ring (bicyclic) bond motifs is 5. The number of aryl methyl sites for hydroxylation is 1. The maximum atomic E-state index is 13.6. The highest BCUT2D eigenvalue weighted by Gasteiger charge is 2.63. The molecule has 33 heavy (non-hydrogen) atoms. The van der Waals surface area contributed by atoms with E-state index in [1.807, 2.05) is 29.2 Å². The number of carbonyl (C=O) groups excluding carboxylic acids is 3. The van der Waals surface area contributed by atoms with Crippen LogP contribution in [0.5, 0.6) is 5.75 Å². The molecule has 2 saturated heterocycles. The van der Waals surface area contributed by atoms with Crippen LogP contribution in [0.1, 0.15) is 18.1 Å². The van der Waals surface area contributed by atoms with E-state index in [0.29, 0.717) is 11.3 Å². The van der Waals surface area contributed by atoms with Crippen molar-refractivity contribution in [2.75, 3.05) is 16.9 Å². The lowest BCUT2D eigenvalue weighted by atomic mass is 9.88. The SMILES string of the molecule is COc1ccc2c(c1)C=C[C@H]1[C@H]3C(=O)N(c4cc([N+](=O)[O-])ccc4C)C(=O)[C@H]3[C@@H](C(C)=O)N21. The first-order valence-electron chi connectivity index (χ1n) is 10.5. The van der Waals surface area contributed by atoms with Crippen molar-refractivity contribution in [1.82, 2.24) is 0 Å². The van der Waals surface area contributed by atoms with E-state index in [2.05, 4.69) is 0 Å². The summed E-state index contributed by atoms with van der Waals surface area (Å²) >= 11 is 0. The molecule has 5 rings (SSSR count). The summed E-state index contributed by atoms with van der Waals surface area (Å²) in [7, 11) is 1.57. The number of nitro benzene ring substituents is 1. The van der Waals surface area contributed by atoms with Crippen LogP contribution in [0.3, 0.4) is 0 Å². The van der Waals surface area contributed by atoms with Crippen LogP contribution < -0.4 is 14.5 Å². The lowest BCUT2D eigenvalue weighted by Gasteiger charge is -2.36. The van der Waals surface area contributed by atoms with Gasteiger partial charge < -0.3 is 9.64 Å². The fourth-order valence-corrected chi connectivity index (χ4v) is 5.33. The zero-order valence-corrected chi connectivity index (χ0v) is 18.2. The monoisotopic (exact) mass is 447 g/mol. The van der Waals surface area contributed by atoms with Crippen molar-refractivity contribution in [1.29, 1.82) is 0 Å². The van der Waals surface area contributed by atoms with Crippen LogP contribution in [0.25, 0.3) is 6.08 Å². The van der Waals surface area contributed by atoms with Crippen LogP contribution in [0.2, 0.25) is 0 Å². The molecule has 3 heterocycles. The molecule has 0 N–H and O–H groups in total. The minimum Gasteiger partial charge on any atom is -0.497 e. The second-order valence-electron chi connectivity index (χ2n) is 8.53. The lowest BCUT2D eigenvalue weighted by Crippen LogP contribution is -2.48. The van der Waals surface area contributed by atoms with Gasteiger partial charge in [0, 0.05) is 23.4 Å². The summed E-state index contributed by atoms with van der Waals surface area (Å²) < 4.78 is 5.29. The number of non-ortho nitro benzene ring substituents is 1. The molecule has 2 aromatic carbocycles. The van der Waals surface area contributed by atoms with Gasteiger partial charge in [-0.3, -0.25) is 24.5 Å². The first-order valence-corrected chi connectivity index (χ1v) is 10.5. The highest BCUT2D eigenvalue weighted by molar-refractivity contribution is 6.25. The van der Waals surface area contributed by atoms with Crippen molar-refractivity contribution in [3.8, 4) is 5.75 Å². The number of hydrogen-bond donors (Lipinski definition) is 0. The summed E-state index contributed by atoms with van der Waals surface area (Å²) in [5.41, 5.74) is 2.14. The average molecular weight is 447 g/mol. The number of amides is 2. The number of carbonyl (C=O) groups is 3. The van der Waals surface area contributed by atoms with E-state index in [0.717, 1.165) is 16.2 Å². The lowest BCUT2D eigenvalue weighted by molar-refractivity contribution is -0.384. The van der Waals surface area contributed by atoms with Gasteiger partial charge in [-0.25, -0.2) is 4.90 Å². The van der Waals surface area contributed by atoms with Gasteiger partial charge in [0.05, 0.1) is 35.6 Å². The molecule has 2 aromatic rings. The number of rotatable bonds is 4. The standard InChI is InChI=1S/C24H21N3O6/c1-12-4-6-15(27(31)32)11-19(12)26-23(29)20-18-8-5-14-10-16(33-3)7-9-17(14)25(18)22(13(2)28)21(20)24(26)30/h4-11,18,20-22H,1-3H3/t18-,20+,21+,22+/m0/s1. The zero-order chi connectivity index (χ0) is 23.6. The number of ether oxygens (including phenoxy) is 1. The van der Waals surface area contributed by atoms with E-state index in [-0.39, 0.29) is 17.2 Å². The van der Waals surface area contributed by atoms with Gasteiger partial charge in [-0.15, -0.1) is 0 Å². The Morgan fingerprint density at radius 1 is 1.06 bits per heavy atom. The summed E-state index contributed by atoms with van der Waals surface area (Å²) in [5, 5.41) is 11.3. The first kappa shape index (κ1) is 20.9. The highest BCUT2D eigenvalue weighted by atomic mass is 16.6. The maximum Gasteiger partial charge on any atom is 0.271 e. The number of ketones is 1. The third kappa shape index (κ3) is 2.88. The number of Topliss-reactive ketones (excluding diaryl/α,β-unsaturated/α-hetero) is 1. The number of benzene rings is 2. The number of hydrogen-bond acceptors (Lipinski definition) is 7. The summed E-state index contributed by atoms with van der Waals surface area (Å²) in [6.45, 7) is 3.11. The molecule has 3 aliphatic heterocycles. The molecule has 0 saturated carbocycles. The molecule has 0 bridgehead atoms. The maximum absolute atomic E-state index is 13.6. The summed E-state index contributed by atoms with van der Waals surface area (Å²) in [5.74, 6) is -2.16. The number of anilines is 2. The Labute approximate surface area is 189 Å². The van der Waals surface area contributed by atoms with Crippen LogP contribution in [-0.2, 0) is 14.4 Å². The molecule has 168 valence electrons. The molecule has 0 unspecified atom stereocenters. The second kappa shape index (κ2) is 7.26. The van der Waals surface area contributed by atoms with Gasteiger partial charge in [-0.05, 0) is 37.6 Å². The van der Waals surface area contributed by atoms with Crippen molar-refractivity contribution in [3.05, 3.63) is 63.7 Å². The van der Waals surface area contributed by atoms with E-state index in [1.165, 1.54) is 25.1 Å². The van der Waals surface area contributed by atoms with Crippen molar-refractivity contribution in [3.63, 3.8) is 0 Å². The van der Waals surface area contributed by atoms with Crippen LogP contribution in [-0.4, -0.2) is 41.7 Å². The van der Waals surface area contributed by atoms with Crippen molar-refractivity contribution in [2.45, 2.75) is 25.9 Å². The summed E-state index contributed by atoms with van der Waals surface area (Å²) in [6.07, 6.45) is 3.72. The minimum absolute atomic E-state index is 0.187. The molecule has 0 aromatic heterocycles. The fourth-order valence-electron chi connectivity index (χ4n) is 5.33. The number of methoxy groups -OCH3 is 1. The second-order valence-corrected chi connectivity index (χ2v) is 8.53. The summed E-state index contributed by atoms with van der Waals surface area (Å²) in [6, 6.07) is 8.24. The normalized spacial score (nSPS) is 25.1.